The van der Waals surface area contributed by atoms with Crippen LogP contribution in [-0.4, -0.2) is 84.7 Å². The molecule has 4 N–H and O–H groups in total. The normalized spacial score (nSPS) is 22.0. The van der Waals surface area contributed by atoms with Crippen molar-refractivity contribution in [2.75, 3.05) is 37.8 Å². The lowest BCUT2D eigenvalue weighted by molar-refractivity contribution is -0.0592. The Balaban J connectivity index is 1.16. The van der Waals surface area contributed by atoms with E-state index in [9.17, 15) is 14.2 Å². The van der Waals surface area contributed by atoms with E-state index < -0.39 is 30.2 Å². The maximum atomic E-state index is 15.6. The number of benzene rings is 3. The van der Waals surface area contributed by atoms with Crippen molar-refractivity contribution in [1.82, 2.24) is 28.7 Å². The summed E-state index contributed by atoms with van der Waals surface area (Å²) >= 11 is 0. The van der Waals surface area contributed by atoms with Crippen LogP contribution in [0.5, 0.6) is 0 Å². The van der Waals surface area contributed by atoms with Crippen molar-refractivity contribution in [2.45, 2.75) is 104 Å². The largest absolute Gasteiger partial charge is 0.438 e. The summed E-state index contributed by atoms with van der Waals surface area (Å²) in [6.45, 7) is 16.2. The molecule has 68 heavy (non-hydrogen) atoms. The number of imidazole rings is 1. The van der Waals surface area contributed by atoms with E-state index in [0.29, 0.717) is 76.3 Å². The molecule has 3 aliphatic rings. The fraction of sp³-hybridized carbons (Fsp3) is 0.431. The molecule has 0 radical (unpaired) electrons. The quantitative estimate of drug-likeness (QED) is 0.0653. The molecule has 1 amide bonds. The van der Waals surface area contributed by atoms with Gasteiger partial charge in [-0.25, -0.2) is 19.0 Å². The number of nitrogens with zero attached hydrogens (tertiary/aromatic N) is 6. The molecule has 9 rings (SSSR count). The van der Waals surface area contributed by atoms with Gasteiger partial charge in [0, 0.05) is 84.5 Å². The number of aromatic amines is 1. The van der Waals surface area contributed by atoms with Gasteiger partial charge in [-0.1, -0.05) is 32.0 Å². The number of ether oxygens (including phenoxy) is 1. The Bertz CT molecular complexity index is 3190. The van der Waals surface area contributed by atoms with Crippen LogP contribution in [0.4, 0.5) is 15.8 Å². The van der Waals surface area contributed by atoms with Gasteiger partial charge in [0.1, 0.15) is 30.0 Å². The Labute approximate surface area is 394 Å². The van der Waals surface area contributed by atoms with Crippen molar-refractivity contribution >= 4 is 46.5 Å². The van der Waals surface area contributed by atoms with Crippen LogP contribution >= 0.6 is 7.14 Å². The summed E-state index contributed by atoms with van der Waals surface area (Å²) in [6.07, 6.45) is 6.86. The molecular weight excluding hydrogens is 885 g/mol. The van der Waals surface area contributed by atoms with Crippen molar-refractivity contribution in [3.63, 3.8) is 0 Å². The van der Waals surface area contributed by atoms with E-state index in [2.05, 4.69) is 54.4 Å². The van der Waals surface area contributed by atoms with E-state index in [-0.39, 0.29) is 48.0 Å². The summed E-state index contributed by atoms with van der Waals surface area (Å²) in [5.41, 5.74) is 11.0. The number of halogens is 1. The smallest absolute Gasteiger partial charge is 0.402 e. The number of rotatable bonds is 11. The SMILES string of the molecule is CCP(=O)(CC)c1ccc(-n2ccn(C(=Nc3cc(C)c(F)c(C)c3)C3=C(N)CCN(C(=O)c4cc5cc([C@@H]6CCOC(C)(C)C6)ccc5n4[C@@]4(c5noc(=O)[nH]5)C[C@@H]4C)[C@H]3C)c2=O)cc1NC. The predicted octanol–water partition coefficient (Wildman–Crippen LogP) is 8.28. The molecule has 358 valence electrons. The molecule has 3 aromatic carbocycles. The molecule has 4 atom stereocenters. The number of H-pyrrole nitrogens is 1. The Morgan fingerprint density at radius 1 is 1.03 bits per heavy atom. The highest BCUT2D eigenvalue weighted by atomic mass is 31.2. The Hall–Kier alpha value is -6.25. The first-order valence-electron chi connectivity index (χ1n) is 23.6. The van der Waals surface area contributed by atoms with E-state index in [1.54, 1.807) is 56.4 Å². The molecule has 0 bridgehead atoms. The molecule has 17 heteroatoms. The number of amides is 1. The molecule has 3 aromatic heterocycles. The van der Waals surface area contributed by atoms with Crippen LogP contribution in [0.3, 0.4) is 0 Å². The summed E-state index contributed by atoms with van der Waals surface area (Å²) < 4.78 is 44.9. The van der Waals surface area contributed by atoms with Gasteiger partial charge in [0.15, 0.2) is 5.82 Å². The van der Waals surface area contributed by atoms with Gasteiger partial charge in [0.05, 0.1) is 23.0 Å². The molecule has 2 fully saturated rings. The van der Waals surface area contributed by atoms with Crippen molar-refractivity contribution < 1.29 is 23.0 Å². The van der Waals surface area contributed by atoms with Crippen molar-refractivity contribution in [1.29, 1.82) is 0 Å². The molecule has 1 saturated carbocycles. The standard InChI is InChI=1S/C51H61FN9O6P/c1-10-68(65,11-2)42-15-13-37(26-39(42)54-9)59-19-20-60(49(59)64)45(55-36-22-29(3)44(52)30(4)23-36)43-32(6)58(18-16-38(43)53)46(62)41-25-35-24-33(34-17-21-66-50(7,8)28-34)12-14-40(35)61(41)51(27-31(51)5)47-56-48(63)67-57-47/h12-15,19-20,22-26,31-32,34,54H,10-11,16-18,21,27-28,53H2,1-9H3,(H,56,57,63)/t31-,32-,34+,51-/m0/s1. The van der Waals surface area contributed by atoms with Gasteiger partial charge in [-0.05, 0) is 131 Å². The molecule has 6 aromatic rings. The molecule has 5 heterocycles. The van der Waals surface area contributed by atoms with E-state index >= 15 is 9.18 Å². The fourth-order valence-electron chi connectivity index (χ4n) is 10.8. The van der Waals surface area contributed by atoms with E-state index in [1.165, 1.54) is 9.13 Å². The first-order chi connectivity index (χ1) is 32.3. The second-order valence-electron chi connectivity index (χ2n) is 19.4. The molecular formula is C51H61FN9O6P. The predicted molar refractivity (Wildman–Crippen MR) is 265 cm³/mol. The zero-order valence-electron chi connectivity index (χ0n) is 40.3. The van der Waals surface area contributed by atoms with Gasteiger partial charge in [0.25, 0.3) is 5.91 Å². The third kappa shape index (κ3) is 7.88. The van der Waals surface area contributed by atoms with Crippen LogP contribution in [0.25, 0.3) is 16.6 Å². The fourth-order valence-corrected chi connectivity index (χ4v) is 12.9. The number of nitrogens with one attached hydrogen (secondary N) is 2. The van der Waals surface area contributed by atoms with Crippen molar-refractivity contribution in [2.24, 2.45) is 16.6 Å². The highest BCUT2D eigenvalue weighted by Gasteiger charge is 2.59. The summed E-state index contributed by atoms with van der Waals surface area (Å²) in [7, 11) is -0.905. The lowest BCUT2D eigenvalue weighted by Crippen LogP contribution is -2.49. The van der Waals surface area contributed by atoms with Gasteiger partial charge in [-0.3, -0.25) is 23.4 Å². The van der Waals surface area contributed by atoms with Crippen molar-refractivity contribution in [3.8, 4) is 5.69 Å². The monoisotopic (exact) mass is 945 g/mol. The van der Waals surface area contributed by atoms with Crippen LogP contribution < -0.4 is 27.8 Å². The molecule has 0 unspecified atom stereocenters. The second-order valence-corrected chi connectivity index (χ2v) is 23.0. The van der Waals surface area contributed by atoms with Crippen LogP contribution in [0, 0.1) is 25.6 Å². The van der Waals surface area contributed by atoms with E-state index in [1.807, 2.05) is 43.5 Å². The number of hydrogen-bond donors (Lipinski definition) is 3. The maximum absolute atomic E-state index is 15.6. The number of carbonyl (C=O) groups excluding carboxylic acids is 1. The topological polar surface area (TPSA) is 188 Å². The van der Waals surface area contributed by atoms with Crippen molar-refractivity contribution in [3.05, 3.63) is 133 Å². The first kappa shape index (κ1) is 46.8. The number of aryl methyl sites for hydroxylation is 2. The van der Waals surface area contributed by atoms with Gasteiger partial charge in [0.2, 0.25) is 0 Å². The van der Waals surface area contributed by atoms with Gasteiger partial charge < -0.3 is 29.8 Å². The summed E-state index contributed by atoms with van der Waals surface area (Å²) in [6, 6.07) is 16.2. The Morgan fingerprint density at radius 2 is 1.75 bits per heavy atom. The second kappa shape index (κ2) is 17.4. The number of hydrogen-bond acceptors (Lipinski definition) is 10. The van der Waals surface area contributed by atoms with Gasteiger partial charge in [-0.2, -0.15) is 0 Å². The van der Waals surface area contributed by atoms with Gasteiger partial charge >= 0.3 is 11.4 Å². The minimum absolute atomic E-state index is 0.00767. The van der Waals surface area contributed by atoms with E-state index in [0.717, 1.165) is 34.6 Å². The lowest BCUT2D eigenvalue weighted by Gasteiger charge is -2.37. The van der Waals surface area contributed by atoms with Gasteiger partial charge in [-0.15, -0.1) is 0 Å². The number of nitrogens with two attached hydrogens (primary N) is 1. The highest BCUT2D eigenvalue weighted by molar-refractivity contribution is 7.71. The van der Waals surface area contributed by atoms with E-state index in [4.69, 9.17) is 20.0 Å². The number of aromatic nitrogens is 5. The van der Waals surface area contributed by atoms with Crippen LogP contribution in [0.15, 0.2) is 97.4 Å². The Kier molecular flexibility index (Phi) is 12.0. The number of carbonyl (C=O) groups is 1. The maximum Gasteiger partial charge on any atom is 0.438 e. The molecule has 1 aliphatic carbocycles. The zero-order chi connectivity index (χ0) is 48.6. The lowest BCUT2D eigenvalue weighted by atomic mass is 9.83. The van der Waals surface area contributed by atoms with Crippen LogP contribution in [0.1, 0.15) is 106 Å². The summed E-state index contributed by atoms with van der Waals surface area (Å²) in [5.74, 6) is -0.533. The van der Waals surface area contributed by atoms with Crippen LogP contribution in [0.2, 0.25) is 0 Å². The number of aliphatic imine (C=N–C) groups is 1. The summed E-state index contributed by atoms with van der Waals surface area (Å²) in [4.78, 5) is 52.5. The average Bonchev–Trinajstić information content (AvgIpc) is 3.63. The Morgan fingerprint density at radius 3 is 2.38 bits per heavy atom. The third-order valence-electron chi connectivity index (χ3n) is 14.7. The zero-order valence-corrected chi connectivity index (χ0v) is 41.2. The average molecular weight is 946 g/mol. The van der Waals surface area contributed by atoms with Crippen LogP contribution in [-0.2, 0) is 14.8 Å². The minimum Gasteiger partial charge on any atom is -0.402 e. The number of fused-ring (bicyclic) bond motifs is 1. The third-order valence-corrected chi connectivity index (χ3v) is 18.1. The minimum atomic E-state index is -2.67. The molecule has 0 spiro atoms. The summed E-state index contributed by atoms with van der Waals surface area (Å²) in [5, 5.41) is 8.97. The number of anilines is 1. The molecule has 2 aliphatic heterocycles. The molecule has 1 saturated heterocycles. The highest BCUT2D eigenvalue weighted by Crippen LogP contribution is 2.56. The molecule has 15 nitrogen and oxygen atoms in total. The first-order valence-corrected chi connectivity index (χ1v) is 25.6.